The zero-order valence-corrected chi connectivity index (χ0v) is 16.3. The topological polar surface area (TPSA) is 78.0 Å². The van der Waals surface area contributed by atoms with Gasteiger partial charge in [-0.25, -0.2) is 9.38 Å². The van der Waals surface area contributed by atoms with Crippen LogP contribution in [0.4, 0.5) is 4.39 Å². The molecule has 0 aliphatic rings. The second-order valence-corrected chi connectivity index (χ2v) is 6.44. The van der Waals surface area contributed by atoms with E-state index in [2.05, 4.69) is 32.9 Å². The monoisotopic (exact) mass is 390 g/mol. The molecule has 0 spiro atoms. The van der Waals surface area contributed by atoms with Crippen molar-refractivity contribution < 1.29 is 4.39 Å². The van der Waals surface area contributed by atoms with Crippen LogP contribution in [0.5, 0.6) is 0 Å². The maximum absolute atomic E-state index is 14.0. The number of aliphatic imine (C=N–C) groups is 1. The van der Waals surface area contributed by atoms with Crippen LogP contribution in [-0.2, 0) is 19.6 Å². The van der Waals surface area contributed by atoms with E-state index in [0.29, 0.717) is 36.7 Å². The lowest BCUT2D eigenvalue weighted by Gasteiger charge is -2.14. The van der Waals surface area contributed by atoms with Crippen molar-refractivity contribution >= 4 is 5.96 Å². The summed E-state index contributed by atoms with van der Waals surface area (Å²) in [7, 11) is 0. The number of nitrogens with zero attached hydrogens (tertiary/aromatic N) is 4. The Kier molecular flexibility index (Phi) is 6.95. The van der Waals surface area contributed by atoms with Gasteiger partial charge >= 0.3 is 0 Å². The van der Waals surface area contributed by atoms with Crippen LogP contribution < -0.4 is 10.6 Å². The third-order valence-corrected chi connectivity index (χ3v) is 4.38. The molecule has 0 unspecified atom stereocenters. The zero-order chi connectivity index (χ0) is 20.5. The highest BCUT2D eigenvalue weighted by molar-refractivity contribution is 5.79. The molecule has 1 heterocycles. The zero-order valence-electron chi connectivity index (χ0n) is 16.3. The van der Waals surface area contributed by atoms with Gasteiger partial charge in [-0.3, -0.25) is 4.68 Å². The molecule has 1 aromatic heterocycles. The Balaban J connectivity index is 1.70. The van der Waals surface area contributed by atoms with Gasteiger partial charge in [0.05, 0.1) is 24.7 Å². The predicted molar refractivity (Wildman–Crippen MR) is 111 cm³/mol. The predicted octanol–water partition coefficient (Wildman–Crippen LogP) is 3.20. The number of nitrogens with one attached hydrogen (secondary N) is 2. The first-order chi connectivity index (χ1) is 14.2. The average Bonchev–Trinajstić information content (AvgIpc) is 3.25. The molecular formula is C22H23FN6. The minimum atomic E-state index is -0.367. The van der Waals surface area contributed by atoms with Crippen LogP contribution in [0.2, 0.25) is 0 Å². The third-order valence-electron chi connectivity index (χ3n) is 4.38. The molecule has 0 saturated carbocycles. The molecule has 0 aliphatic heterocycles. The molecule has 0 atom stereocenters. The molecule has 2 aromatic carbocycles. The molecule has 6 nitrogen and oxygen atoms in total. The maximum atomic E-state index is 14.0. The number of hydrogen-bond acceptors (Lipinski definition) is 3. The van der Waals surface area contributed by atoms with Crippen LogP contribution >= 0.6 is 0 Å². The van der Waals surface area contributed by atoms with E-state index in [1.807, 2.05) is 42.1 Å². The van der Waals surface area contributed by atoms with Crippen molar-refractivity contribution in [3.63, 3.8) is 0 Å². The van der Waals surface area contributed by atoms with Crippen LogP contribution in [0, 0.1) is 17.1 Å². The standard InChI is InChI=1S/C22H23FN6/c1-2-25-22(27-15-20-12-17(13-24)8-9-21(20)23)26-14-18-6-3-4-7-19(18)16-29-11-5-10-28-29/h3-12H,2,14-16H2,1H3,(H2,25,26,27). The molecule has 0 saturated heterocycles. The lowest BCUT2D eigenvalue weighted by molar-refractivity contribution is 0.610. The first kappa shape index (κ1) is 20.1. The highest BCUT2D eigenvalue weighted by atomic mass is 19.1. The molecule has 148 valence electrons. The van der Waals surface area contributed by atoms with Crippen LogP contribution in [-0.4, -0.2) is 22.3 Å². The lowest BCUT2D eigenvalue weighted by atomic mass is 10.1. The Labute approximate surface area is 169 Å². The van der Waals surface area contributed by atoms with Gasteiger partial charge in [0.2, 0.25) is 0 Å². The Morgan fingerprint density at radius 3 is 2.69 bits per heavy atom. The van der Waals surface area contributed by atoms with E-state index in [-0.39, 0.29) is 12.4 Å². The molecule has 0 fully saturated rings. The summed E-state index contributed by atoms with van der Waals surface area (Å²) in [5, 5.41) is 19.7. The fraction of sp³-hybridized carbons (Fsp3) is 0.227. The summed E-state index contributed by atoms with van der Waals surface area (Å²) in [5.41, 5.74) is 3.10. The van der Waals surface area contributed by atoms with Crippen LogP contribution in [0.25, 0.3) is 0 Å². The van der Waals surface area contributed by atoms with Gasteiger partial charge in [-0.05, 0) is 42.3 Å². The molecule has 3 rings (SSSR count). The molecule has 29 heavy (non-hydrogen) atoms. The Hall–Kier alpha value is -3.66. The Bertz CT molecular complexity index is 1000. The fourth-order valence-electron chi connectivity index (χ4n) is 2.90. The SMILES string of the molecule is CCNC(=NCc1cc(C#N)ccc1F)NCc1ccccc1Cn1cccn1. The van der Waals surface area contributed by atoms with Crippen molar-refractivity contribution in [1.82, 2.24) is 20.4 Å². The molecule has 0 amide bonds. The lowest BCUT2D eigenvalue weighted by Crippen LogP contribution is -2.37. The molecular weight excluding hydrogens is 367 g/mol. The van der Waals surface area contributed by atoms with E-state index in [1.165, 1.54) is 18.2 Å². The van der Waals surface area contributed by atoms with Gasteiger partial charge in [0.25, 0.3) is 0 Å². The van der Waals surface area contributed by atoms with E-state index in [4.69, 9.17) is 5.26 Å². The minimum Gasteiger partial charge on any atom is -0.357 e. The second-order valence-electron chi connectivity index (χ2n) is 6.44. The number of nitriles is 1. The van der Waals surface area contributed by atoms with Gasteiger partial charge in [-0.2, -0.15) is 10.4 Å². The van der Waals surface area contributed by atoms with E-state index >= 15 is 0 Å². The smallest absolute Gasteiger partial charge is 0.191 e. The van der Waals surface area contributed by atoms with E-state index in [0.717, 1.165) is 11.1 Å². The molecule has 2 N–H and O–H groups in total. The maximum Gasteiger partial charge on any atom is 0.191 e. The summed E-state index contributed by atoms with van der Waals surface area (Å²) in [6.45, 7) is 4.06. The molecule has 0 bridgehead atoms. The van der Waals surface area contributed by atoms with Crippen molar-refractivity contribution in [2.75, 3.05) is 6.54 Å². The quantitative estimate of drug-likeness (QED) is 0.480. The Morgan fingerprint density at radius 2 is 1.97 bits per heavy atom. The highest BCUT2D eigenvalue weighted by Gasteiger charge is 2.07. The van der Waals surface area contributed by atoms with Gasteiger partial charge in [-0.15, -0.1) is 0 Å². The fourth-order valence-corrected chi connectivity index (χ4v) is 2.90. The van der Waals surface area contributed by atoms with Gasteiger partial charge < -0.3 is 10.6 Å². The average molecular weight is 390 g/mol. The largest absolute Gasteiger partial charge is 0.357 e. The van der Waals surface area contributed by atoms with Gasteiger partial charge in [0.15, 0.2) is 5.96 Å². The van der Waals surface area contributed by atoms with Crippen molar-refractivity contribution in [1.29, 1.82) is 5.26 Å². The molecule has 3 aromatic rings. The van der Waals surface area contributed by atoms with E-state index < -0.39 is 0 Å². The van der Waals surface area contributed by atoms with E-state index in [9.17, 15) is 4.39 Å². The normalized spacial score (nSPS) is 11.1. The van der Waals surface area contributed by atoms with Crippen LogP contribution in [0.15, 0.2) is 65.9 Å². The number of rotatable bonds is 7. The second kappa shape index (κ2) is 10.0. The molecule has 0 radical (unpaired) electrons. The van der Waals surface area contributed by atoms with Crippen LogP contribution in [0.3, 0.4) is 0 Å². The third kappa shape index (κ3) is 5.66. The molecule has 7 heteroatoms. The van der Waals surface area contributed by atoms with Gasteiger partial charge in [-0.1, -0.05) is 24.3 Å². The number of hydrogen-bond donors (Lipinski definition) is 2. The Morgan fingerprint density at radius 1 is 1.14 bits per heavy atom. The number of aromatic nitrogens is 2. The summed E-state index contributed by atoms with van der Waals surface area (Å²) < 4.78 is 15.9. The first-order valence-electron chi connectivity index (χ1n) is 9.44. The van der Waals surface area contributed by atoms with Crippen molar-refractivity contribution in [3.8, 4) is 6.07 Å². The van der Waals surface area contributed by atoms with Gasteiger partial charge in [0.1, 0.15) is 5.82 Å². The minimum absolute atomic E-state index is 0.144. The van der Waals surface area contributed by atoms with Crippen molar-refractivity contribution in [2.45, 2.75) is 26.6 Å². The summed E-state index contributed by atoms with van der Waals surface area (Å²) in [6.07, 6.45) is 3.69. The van der Waals surface area contributed by atoms with Crippen LogP contribution in [0.1, 0.15) is 29.2 Å². The van der Waals surface area contributed by atoms with Crippen molar-refractivity contribution in [2.24, 2.45) is 4.99 Å². The first-order valence-corrected chi connectivity index (χ1v) is 9.44. The molecule has 0 aliphatic carbocycles. The highest BCUT2D eigenvalue weighted by Crippen LogP contribution is 2.12. The van der Waals surface area contributed by atoms with Gasteiger partial charge in [0, 0.05) is 31.0 Å². The summed E-state index contributed by atoms with van der Waals surface area (Å²) in [5.74, 6) is 0.219. The summed E-state index contributed by atoms with van der Waals surface area (Å²) in [6, 6.07) is 16.4. The summed E-state index contributed by atoms with van der Waals surface area (Å²) >= 11 is 0. The number of guanidine groups is 1. The number of halogens is 1. The van der Waals surface area contributed by atoms with Crippen molar-refractivity contribution in [3.05, 3.63) is 89.0 Å². The summed E-state index contributed by atoms with van der Waals surface area (Å²) in [4.78, 5) is 4.47. The number of benzene rings is 2. The van der Waals surface area contributed by atoms with E-state index in [1.54, 1.807) is 6.20 Å².